The molecule has 0 saturated carbocycles. The van der Waals surface area contributed by atoms with Crippen LogP contribution in [0.2, 0.25) is 0 Å². The summed E-state index contributed by atoms with van der Waals surface area (Å²) in [5.41, 5.74) is -0.424. The molecular weight excluding hydrogens is 194 g/mol. The maximum absolute atomic E-state index is 10.9. The van der Waals surface area contributed by atoms with E-state index in [-0.39, 0.29) is 6.09 Å². The second-order valence-electron chi connectivity index (χ2n) is 3.86. The minimum absolute atomic E-state index is 0.346. The Kier molecular flexibility index (Phi) is 2.49. The number of carbonyl (C=O) groups excluding carboxylic acids is 1. The lowest BCUT2D eigenvalue weighted by molar-refractivity contribution is 0.160. The highest BCUT2D eigenvalue weighted by molar-refractivity contribution is 5.70. The normalized spacial score (nSPS) is 24.5. The summed E-state index contributed by atoms with van der Waals surface area (Å²) < 4.78 is 10.4. The first-order chi connectivity index (χ1) is 7.18. The lowest BCUT2D eigenvalue weighted by Crippen LogP contribution is -2.45. The lowest BCUT2D eigenvalue weighted by Gasteiger charge is -2.20. The van der Waals surface area contributed by atoms with E-state index in [0.29, 0.717) is 13.2 Å². The van der Waals surface area contributed by atoms with Gasteiger partial charge >= 0.3 is 6.09 Å². The SMILES string of the molecule is C[C@]1(COc2ccccc2)COC(=O)N1. The molecule has 15 heavy (non-hydrogen) atoms. The number of nitrogens with one attached hydrogen (secondary N) is 1. The Labute approximate surface area is 88.2 Å². The molecule has 1 amide bonds. The third-order valence-electron chi connectivity index (χ3n) is 2.23. The Morgan fingerprint density at radius 1 is 1.47 bits per heavy atom. The van der Waals surface area contributed by atoms with E-state index in [1.54, 1.807) is 0 Å². The van der Waals surface area contributed by atoms with E-state index < -0.39 is 5.54 Å². The molecule has 4 nitrogen and oxygen atoms in total. The molecule has 1 aromatic rings. The van der Waals surface area contributed by atoms with E-state index in [4.69, 9.17) is 9.47 Å². The van der Waals surface area contributed by atoms with Gasteiger partial charge in [-0.15, -0.1) is 0 Å². The summed E-state index contributed by atoms with van der Waals surface area (Å²) in [5.74, 6) is 0.792. The summed E-state index contributed by atoms with van der Waals surface area (Å²) in [7, 11) is 0. The molecule has 1 saturated heterocycles. The van der Waals surface area contributed by atoms with E-state index in [9.17, 15) is 4.79 Å². The van der Waals surface area contributed by atoms with Crippen LogP contribution >= 0.6 is 0 Å². The number of carbonyl (C=O) groups is 1. The molecule has 1 fully saturated rings. The summed E-state index contributed by atoms with van der Waals surface area (Å²) >= 11 is 0. The van der Waals surface area contributed by atoms with Gasteiger partial charge < -0.3 is 14.8 Å². The molecule has 0 aliphatic carbocycles. The predicted octanol–water partition coefficient (Wildman–Crippen LogP) is 1.56. The molecule has 0 unspecified atom stereocenters. The molecule has 0 spiro atoms. The molecular formula is C11H13NO3. The summed E-state index contributed by atoms with van der Waals surface area (Å²) in [6.45, 7) is 2.64. The first-order valence-electron chi connectivity index (χ1n) is 4.81. The van der Waals surface area contributed by atoms with Crippen LogP contribution in [0.15, 0.2) is 30.3 Å². The fourth-order valence-corrected chi connectivity index (χ4v) is 1.38. The minimum atomic E-state index is -0.424. The van der Waals surface area contributed by atoms with Crippen molar-refractivity contribution in [1.29, 1.82) is 0 Å². The summed E-state index contributed by atoms with van der Waals surface area (Å²) in [4.78, 5) is 10.9. The molecule has 1 N–H and O–H groups in total. The zero-order valence-electron chi connectivity index (χ0n) is 8.53. The van der Waals surface area contributed by atoms with Crippen LogP contribution in [0.3, 0.4) is 0 Å². The molecule has 1 atom stereocenters. The Morgan fingerprint density at radius 3 is 2.80 bits per heavy atom. The van der Waals surface area contributed by atoms with Crippen molar-refractivity contribution in [3.05, 3.63) is 30.3 Å². The molecule has 0 bridgehead atoms. The summed E-state index contributed by atoms with van der Waals surface area (Å²) in [6, 6.07) is 9.49. The van der Waals surface area contributed by atoms with Crippen molar-refractivity contribution in [2.75, 3.05) is 13.2 Å². The monoisotopic (exact) mass is 207 g/mol. The molecule has 2 rings (SSSR count). The first-order valence-corrected chi connectivity index (χ1v) is 4.81. The smallest absolute Gasteiger partial charge is 0.407 e. The fourth-order valence-electron chi connectivity index (χ4n) is 1.38. The zero-order valence-corrected chi connectivity index (χ0v) is 8.53. The largest absolute Gasteiger partial charge is 0.491 e. The number of hydrogen-bond donors (Lipinski definition) is 1. The van der Waals surface area contributed by atoms with E-state index >= 15 is 0 Å². The van der Waals surface area contributed by atoms with Gasteiger partial charge in [0, 0.05) is 0 Å². The van der Waals surface area contributed by atoms with Crippen molar-refractivity contribution in [3.8, 4) is 5.75 Å². The molecule has 1 aromatic carbocycles. The lowest BCUT2D eigenvalue weighted by atomic mass is 10.1. The number of para-hydroxylation sites is 1. The number of rotatable bonds is 3. The van der Waals surface area contributed by atoms with Gasteiger partial charge in [0.05, 0.1) is 0 Å². The van der Waals surface area contributed by atoms with Gasteiger partial charge in [-0.3, -0.25) is 0 Å². The van der Waals surface area contributed by atoms with Crippen molar-refractivity contribution >= 4 is 6.09 Å². The number of benzene rings is 1. The number of hydrogen-bond acceptors (Lipinski definition) is 3. The molecule has 1 aliphatic rings. The third kappa shape index (κ3) is 2.40. The van der Waals surface area contributed by atoms with Crippen molar-refractivity contribution in [1.82, 2.24) is 5.32 Å². The topological polar surface area (TPSA) is 47.6 Å². The Morgan fingerprint density at radius 2 is 2.20 bits per heavy atom. The van der Waals surface area contributed by atoms with Crippen LogP contribution < -0.4 is 10.1 Å². The molecule has 1 aliphatic heterocycles. The molecule has 0 radical (unpaired) electrons. The Balaban J connectivity index is 1.91. The fraction of sp³-hybridized carbons (Fsp3) is 0.364. The van der Waals surface area contributed by atoms with Crippen molar-refractivity contribution < 1.29 is 14.3 Å². The number of ether oxygens (including phenoxy) is 2. The highest BCUT2D eigenvalue weighted by Crippen LogP contribution is 2.15. The average molecular weight is 207 g/mol. The van der Waals surface area contributed by atoms with Crippen LogP contribution in [0.4, 0.5) is 4.79 Å². The van der Waals surface area contributed by atoms with Gasteiger partial charge in [0.25, 0.3) is 0 Å². The number of alkyl carbamates (subject to hydrolysis) is 1. The average Bonchev–Trinajstić information content (AvgIpc) is 2.58. The van der Waals surface area contributed by atoms with Crippen LogP contribution in [0.1, 0.15) is 6.92 Å². The molecule has 80 valence electrons. The third-order valence-corrected chi connectivity index (χ3v) is 2.23. The number of cyclic esters (lactones) is 1. The van der Waals surface area contributed by atoms with Crippen LogP contribution in [0.5, 0.6) is 5.75 Å². The van der Waals surface area contributed by atoms with Crippen molar-refractivity contribution in [2.24, 2.45) is 0 Å². The summed E-state index contributed by atoms with van der Waals surface area (Å²) in [5, 5.41) is 2.71. The zero-order chi connectivity index (χ0) is 10.7. The maximum atomic E-state index is 10.9. The van der Waals surface area contributed by atoms with Gasteiger partial charge in [0.15, 0.2) is 0 Å². The van der Waals surface area contributed by atoms with Gasteiger partial charge in [0.2, 0.25) is 0 Å². The van der Waals surface area contributed by atoms with Crippen LogP contribution in [-0.4, -0.2) is 24.8 Å². The minimum Gasteiger partial charge on any atom is -0.491 e. The van der Waals surface area contributed by atoms with Gasteiger partial charge in [-0.05, 0) is 19.1 Å². The first kappa shape index (κ1) is 9.83. The van der Waals surface area contributed by atoms with E-state index in [1.807, 2.05) is 37.3 Å². The Hall–Kier alpha value is -1.71. The van der Waals surface area contributed by atoms with Gasteiger partial charge in [0.1, 0.15) is 24.5 Å². The maximum Gasteiger partial charge on any atom is 0.407 e. The molecule has 4 heteroatoms. The standard InChI is InChI=1S/C11H13NO3/c1-11(8-15-10(13)12-11)7-14-9-5-3-2-4-6-9/h2-6H,7-8H2,1H3,(H,12,13)/t11-/m0/s1. The second kappa shape index (κ2) is 3.81. The van der Waals surface area contributed by atoms with Crippen molar-refractivity contribution in [3.63, 3.8) is 0 Å². The van der Waals surface area contributed by atoms with Gasteiger partial charge in [-0.25, -0.2) is 4.79 Å². The van der Waals surface area contributed by atoms with E-state index in [2.05, 4.69) is 5.32 Å². The van der Waals surface area contributed by atoms with Crippen LogP contribution in [-0.2, 0) is 4.74 Å². The van der Waals surface area contributed by atoms with E-state index in [1.165, 1.54) is 0 Å². The van der Waals surface area contributed by atoms with Gasteiger partial charge in [-0.1, -0.05) is 18.2 Å². The molecule has 1 heterocycles. The highest BCUT2D eigenvalue weighted by atomic mass is 16.6. The van der Waals surface area contributed by atoms with Gasteiger partial charge in [-0.2, -0.15) is 0 Å². The van der Waals surface area contributed by atoms with Crippen LogP contribution in [0.25, 0.3) is 0 Å². The molecule has 0 aromatic heterocycles. The van der Waals surface area contributed by atoms with Crippen LogP contribution in [0, 0.1) is 0 Å². The highest BCUT2D eigenvalue weighted by Gasteiger charge is 2.35. The summed E-state index contributed by atoms with van der Waals surface area (Å²) in [6.07, 6.45) is -0.380. The van der Waals surface area contributed by atoms with Crippen molar-refractivity contribution in [2.45, 2.75) is 12.5 Å². The quantitative estimate of drug-likeness (QED) is 0.818. The van der Waals surface area contributed by atoms with E-state index in [0.717, 1.165) is 5.75 Å². The second-order valence-corrected chi connectivity index (χ2v) is 3.86. The Bertz CT molecular complexity index is 352. The predicted molar refractivity (Wildman–Crippen MR) is 54.8 cm³/mol. The number of amides is 1.